The second-order valence-electron chi connectivity index (χ2n) is 5.27. The van der Waals surface area contributed by atoms with Crippen molar-refractivity contribution >= 4 is 18.0 Å². The SMILES string of the molecule is O=C(Nc1ccccc1)ON=CCc1ccc(-c2ccccn2)cc1. The van der Waals surface area contributed by atoms with Crippen molar-refractivity contribution in [3.63, 3.8) is 0 Å². The Balaban J connectivity index is 1.48. The first-order valence-electron chi connectivity index (χ1n) is 7.86. The summed E-state index contributed by atoms with van der Waals surface area (Å²) in [6.07, 6.45) is 3.28. The van der Waals surface area contributed by atoms with Gasteiger partial charge in [-0.25, -0.2) is 4.79 Å². The normalized spacial score (nSPS) is 10.6. The molecule has 0 fully saturated rings. The highest BCUT2D eigenvalue weighted by atomic mass is 16.7. The molecule has 124 valence electrons. The van der Waals surface area contributed by atoms with Gasteiger partial charge in [-0.15, -0.1) is 0 Å². The van der Waals surface area contributed by atoms with Crippen molar-refractivity contribution in [2.24, 2.45) is 5.16 Å². The van der Waals surface area contributed by atoms with Crippen molar-refractivity contribution in [1.82, 2.24) is 4.98 Å². The first-order valence-corrected chi connectivity index (χ1v) is 7.86. The second kappa shape index (κ2) is 8.40. The van der Waals surface area contributed by atoms with Crippen LogP contribution in [0.3, 0.4) is 0 Å². The number of nitrogens with zero attached hydrogens (tertiary/aromatic N) is 2. The Labute approximate surface area is 146 Å². The van der Waals surface area contributed by atoms with E-state index in [4.69, 9.17) is 4.84 Å². The maximum Gasteiger partial charge on any atom is 0.437 e. The average molecular weight is 331 g/mol. The molecule has 5 nitrogen and oxygen atoms in total. The van der Waals surface area contributed by atoms with Gasteiger partial charge in [-0.05, 0) is 29.8 Å². The van der Waals surface area contributed by atoms with E-state index in [0.717, 1.165) is 16.8 Å². The fourth-order valence-electron chi connectivity index (χ4n) is 2.24. The number of hydrogen-bond acceptors (Lipinski definition) is 4. The number of carbonyl (C=O) groups is 1. The maximum atomic E-state index is 11.6. The van der Waals surface area contributed by atoms with Gasteiger partial charge in [0.2, 0.25) is 0 Å². The minimum atomic E-state index is -0.618. The van der Waals surface area contributed by atoms with Crippen LogP contribution in [0.2, 0.25) is 0 Å². The number of anilines is 1. The fraction of sp³-hybridized carbons (Fsp3) is 0.0500. The first kappa shape index (κ1) is 16.4. The lowest BCUT2D eigenvalue weighted by Gasteiger charge is -2.02. The molecule has 3 aromatic rings. The Morgan fingerprint density at radius 3 is 2.48 bits per heavy atom. The molecule has 0 bridgehead atoms. The molecule has 2 aromatic carbocycles. The Hall–Kier alpha value is -3.47. The largest absolute Gasteiger partial charge is 0.437 e. The molecule has 0 unspecified atom stereocenters. The highest BCUT2D eigenvalue weighted by molar-refractivity contribution is 5.84. The van der Waals surface area contributed by atoms with E-state index in [2.05, 4.69) is 15.5 Å². The number of aromatic nitrogens is 1. The number of rotatable bonds is 5. The van der Waals surface area contributed by atoms with E-state index in [9.17, 15) is 4.79 Å². The third kappa shape index (κ3) is 5.00. The smallest absolute Gasteiger partial charge is 0.298 e. The van der Waals surface area contributed by atoms with E-state index < -0.39 is 6.09 Å². The molecule has 1 heterocycles. The van der Waals surface area contributed by atoms with Crippen LogP contribution in [0, 0.1) is 0 Å². The molecule has 1 N–H and O–H groups in total. The summed E-state index contributed by atoms with van der Waals surface area (Å²) in [6, 6.07) is 22.9. The number of pyridine rings is 1. The zero-order valence-corrected chi connectivity index (χ0v) is 13.5. The van der Waals surface area contributed by atoms with Gasteiger partial charge in [0, 0.05) is 30.1 Å². The molecule has 0 spiro atoms. The van der Waals surface area contributed by atoms with Gasteiger partial charge in [0.25, 0.3) is 0 Å². The van der Waals surface area contributed by atoms with Gasteiger partial charge in [0.15, 0.2) is 0 Å². The highest BCUT2D eigenvalue weighted by Gasteiger charge is 2.01. The van der Waals surface area contributed by atoms with E-state index in [1.54, 1.807) is 24.5 Å². The second-order valence-corrected chi connectivity index (χ2v) is 5.27. The summed E-state index contributed by atoms with van der Waals surface area (Å²) < 4.78 is 0. The standard InChI is InChI=1S/C20H17N3O2/c24-20(23-18-6-2-1-3-7-18)25-22-15-13-16-9-11-17(12-10-16)19-8-4-5-14-21-19/h1-12,14-15H,13H2,(H,23,24). The highest BCUT2D eigenvalue weighted by Crippen LogP contribution is 2.16. The number of oxime groups is 1. The van der Waals surface area contributed by atoms with Crippen LogP contribution in [0.1, 0.15) is 5.56 Å². The summed E-state index contributed by atoms with van der Waals surface area (Å²) in [7, 11) is 0. The van der Waals surface area contributed by atoms with Crippen LogP contribution in [-0.4, -0.2) is 17.3 Å². The van der Waals surface area contributed by atoms with E-state index in [1.165, 1.54) is 0 Å². The van der Waals surface area contributed by atoms with Crippen LogP contribution in [0.15, 0.2) is 84.1 Å². The lowest BCUT2D eigenvalue weighted by atomic mass is 10.1. The van der Waals surface area contributed by atoms with Crippen LogP contribution < -0.4 is 5.32 Å². The predicted octanol–water partition coefficient (Wildman–Crippen LogP) is 4.53. The summed E-state index contributed by atoms with van der Waals surface area (Å²) in [6.45, 7) is 0. The van der Waals surface area contributed by atoms with Crippen LogP contribution >= 0.6 is 0 Å². The molecule has 0 aliphatic heterocycles. The molecule has 0 saturated carbocycles. The summed E-state index contributed by atoms with van der Waals surface area (Å²) >= 11 is 0. The van der Waals surface area contributed by atoms with Crippen LogP contribution in [0.5, 0.6) is 0 Å². The predicted molar refractivity (Wildman–Crippen MR) is 98.4 cm³/mol. The number of carbonyl (C=O) groups excluding carboxylic acids is 1. The van der Waals surface area contributed by atoms with Crippen molar-refractivity contribution < 1.29 is 9.63 Å². The monoisotopic (exact) mass is 331 g/mol. The van der Waals surface area contributed by atoms with Crippen LogP contribution in [0.4, 0.5) is 10.5 Å². The van der Waals surface area contributed by atoms with E-state index in [1.807, 2.05) is 60.7 Å². The van der Waals surface area contributed by atoms with E-state index in [-0.39, 0.29) is 0 Å². The Kier molecular flexibility index (Phi) is 5.51. The molecule has 0 radical (unpaired) electrons. The quantitative estimate of drug-likeness (QED) is 0.424. The van der Waals surface area contributed by atoms with Gasteiger partial charge >= 0.3 is 6.09 Å². The van der Waals surface area contributed by atoms with E-state index in [0.29, 0.717) is 12.1 Å². The molecular formula is C20H17N3O2. The Morgan fingerprint density at radius 1 is 1.00 bits per heavy atom. The van der Waals surface area contributed by atoms with Gasteiger partial charge < -0.3 is 0 Å². The van der Waals surface area contributed by atoms with Crippen LogP contribution in [-0.2, 0) is 11.3 Å². The van der Waals surface area contributed by atoms with Crippen molar-refractivity contribution in [1.29, 1.82) is 0 Å². The Bertz CT molecular complexity index is 832. The molecule has 0 saturated heterocycles. The van der Waals surface area contributed by atoms with Gasteiger partial charge in [-0.1, -0.05) is 53.7 Å². The molecule has 0 atom stereocenters. The molecule has 0 aliphatic rings. The average Bonchev–Trinajstić information content (AvgIpc) is 2.67. The van der Waals surface area contributed by atoms with Crippen molar-refractivity contribution in [3.05, 3.63) is 84.6 Å². The third-order valence-corrected chi connectivity index (χ3v) is 3.47. The van der Waals surface area contributed by atoms with Crippen LogP contribution in [0.25, 0.3) is 11.3 Å². The minimum Gasteiger partial charge on any atom is -0.298 e. The maximum absolute atomic E-state index is 11.6. The molecule has 3 rings (SSSR count). The summed E-state index contributed by atoms with van der Waals surface area (Å²) in [5, 5.41) is 6.28. The number of benzene rings is 2. The lowest BCUT2D eigenvalue weighted by molar-refractivity contribution is 0.167. The molecule has 5 heteroatoms. The zero-order valence-electron chi connectivity index (χ0n) is 13.5. The number of nitrogens with one attached hydrogen (secondary N) is 1. The summed E-state index contributed by atoms with van der Waals surface area (Å²) in [5.74, 6) is 0. The molecule has 25 heavy (non-hydrogen) atoms. The first-order chi connectivity index (χ1) is 12.3. The van der Waals surface area contributed by atoms with E-state index >= 15 is 0 Å². The van der Waals surface area contributed by atoms with Crippen molar-refractivity contribution in [3.8, 4) is 11.3 Å². The number of amides is 1. The minimum absolute atomic E-state index is 0.571. The summed E-state index contributed by atoms with van der Waals surface area (Å²) in [5.41, 5.74) is 3.71. The topological polar surface area (TPSA) is 63.6 Å². The Morgan fingerprint density at radius 2 is 1.76 bits per heavy atom. The van der Waals surface area contributed by atoms with Gasteiger partial charge in [-0.2, -0.15) is 0 Å². The van der Waals surface area contributed by atoms with Gasteiger partial charge in [0.05, 0.1) is 5.69 Å². The third-order valence-electron chi connectivity index (χ3n) is 3.47. The molecular weight excluding hydrogens is 314 g/mol. The fourth-order valence-corrected chi connectivity index (χ4v) is 2.24. The van der Waals surface area contributed by atoms with Gasteiger partial charge in [-0.3, -0.25) is 15.1 Å². The molecule has 0 aliphatic carbocycles. The molecule has 1 amide bonds. The number of hydrogen-bond donors (Lipinski definition) is 1. The van der Waals surface area contributed by atoms with Crippen molar-refractivity contribution in [2.45, 2.75) is 6.42 Å². The molecule has 1 aromatic heterocycles. The zero-order chi connectivity index (χ0) is 17.3. The number of para-hydroxylation sites is 1. The summed E-state index contributed by atoms with van der Waals surface area (Å²) in [4.78, 5) is 20.7. The van der Waals surface area contributed by atoms with Crippen molar-refractivity contribution in [2.75, 3.05) is 5.32 Å². The van der Waals surface area contributed by atoms with Gasteiger partial charge in [0.1, 0.15) is 0 Å². The lowest BCUT2D eigenvalue weighted by Crippen LogP contribution is -2.10.